The third-order valence-electron chi connectivity index (χ3n) is 2.82. The van der Waals surface area contributed by atoms with E-state index in [0.717, 1.165) is 24.4 Å². The molecule has 2 N–H and O–H groups in total. The van der Waals surface area contributed by atoms with Crippen LogP contribution >= 0.6 is 11.3 Å². The second-order valence-electron chi connectivity index (χ2n) is 4.48. The summed E-state index contributed by atoms with van der Waals surface area (Å²) in [7, 11) is 2.11. The van der Waals surface area contributed by atoms with Crippen LogP contribution in [0.15, 0.2) is 28.2 Å². The molecule has 0 aromatic carbocycles. The highest BCUT2D eigenvalue weighted by Gasteiger charge is 2.07. The van der Waals surface area contributed by atoms with Gasteiger partial charge in [-0.3, -0.25) is 4.90 Å². The summed E-state index contributed by atoms with van der Waals surface area (Å²) < 4.78 is 5.31. The lowest BCUT2D eigenvalue weighted by Crippen LogP contribution is -2.16. The summed E-state index contributed by atoms with van der Waals surface area (Å²) in [5.41, 5.74) is 7.66. The van der Waals surface area contributed by atoms with Gasteiger partial charge in [-0.25, -0.2) is 0 Å². The van der Waals surface area contributed by atoms with Crippen LogP contribution in [-0.2, 0) is 13.1 Å². The van der Waals surface area contributed by atoms with Gasteiger partial charge in [0.05, 0.1) is 12.8 Å². The number of nitrogens with zero attached hydrogens (tertiary/aromatic N) is 1. The topological polar surface area (TPSA) is 42.4 Å². The van der Waals surface area contributed by atoms with Crippen LogP contribution in [0.4, 0.5) is 0 Å². The highest BCUT2D eigenvalue weighted by molar-refractivity contribution is 7.10. The number of aryl methyl sites for hydroxylation is 1. The lowest BCUT2D eigenvalue weighted by molar-refractivity contribution is 0.319. The summed E-state index contributed by atoms with van der Waals surface area (Å²) in [4.78, 5) is 3.58. The predicted octanol–water partition coefficient (Wildman–Crippen LogP) is 2.59. The van der Waals surface area contributed by atoms with Crippen LogP contribution < -0.4 is 5.73 Å². The molecule has 0 aliphatic heterocycles. The molecule has 0 fully saturated rings. The van der Waals surface area contributed by atoms with Gasteiger partial charge >= 0.3 is 0 Å². The van der Waals surface area contributed by atoms with Crippen molar-refractivity contribution >= 4 is 11.3 Å². The van der Waals surface area contributed by atoms with Gasteiger partial charge in [-0.2, -0.15) is 0 Å². The zero-order chi connectivity index (χ0) is 13.7. The first kappa shape index (κ1) is 13.9. The molecule has 0 saturated carbocycles. The van der Waals surface area contributed by atoms with E-state index in [0.29, 0.717) is 6.54 Å². The van der Waals surface area contributed by atoms with Gasteiger partial charge in [0.15, 0.2) is 0 Å². The van der Waals surface area contributed by atoms with Crippen molar-refractivity contribution in [2.75, 3.05) is 13.6 Å². The minimum atomic E-state index is 0.408. The van der Waals surface area contributed by atoms with Gasteiger partial charge in [0, 0.05) is 34.5 Å². The maximum Gasteiger partial charge on any atom is 0.105 e. The lowest BCUT2D eigenvalue weighted by atomic mass is 10.2. The Morgan fingerprint density at radius 3 is 2.95 bits per heavy atom. The average Bonchev–Trinajstić information content (AvgIpc) is 2.97. The van der Waals surface area contributed by atoms with Crippen LogP contribution in [0.5, 0.6) is 0 Å². The fraction of sp³-hybridized carbons (Fsp3) is 0.333. The molecule has 0 unspecified atom stereocenters. The second kappa shape index (κ2) is 6.58. The van der Waals surface area contributed by atoms with Crippen molar-refractivity contribution in [1.82, 2.24) is 4.90 Å². The van der Waals surface area contributed by atoms with Crippen molar-refractivity contribution in [3.63, 3.8) is 0 Å². The van der Waals surface area contributed by atoms with Crippen molar-refractivity contribution in [3.05, 3.63) is 45.5 Å². The normalized spacial score (nSPS) is 10.5. The summed E-state index contributed by atoms with van der Waals surface area (Å²) in [6, 6.07) is 4.16. The summed E-state index contributed by atoms with van der Waals surface area (Å²) in [6.45, 7) is 4.21. The Morgan fingerprint density at radius 1 is 1.42 bits per heavy atom. The van der Waals surface area contributed by atoms with Gasteiger partial charge in [-0.15, -0.1) is 11.3 Å². The number of thiophene rings is 1. The summed E-state index contributed by atoms with van der Waals surface area (Å²) in [5.74, 6) is 6.92. The monoisotopic (exact) mass is 274 g/mol. The molecule has 0 aliphatic carbocycles. The van der Waals surface area contributed by atoms with Gasteiger partial charge in [0.2, 0.25) is 0 Å². The zero-order valence-electron chi connectivity index (χ0n) is 11.3. The number of hydrogen-bond acceptors (Lipinski definition) is 4. The number of hydrogen-bond donors (Lipinski definition) is 1. The van der Waals surface area contributed by atoms with Crippen LogP contribution in [0, 0.1) is 18.8 Å². The Balaban J connectivity index is 1.93. The third kappa shape index (κ3) is 3.97. The first-order valence-electron chi connectivity index (χ1n) is 6.17. The average molecular weight is 274 g/mol. The molecule has 3 nitrogen and oxygen atoms in total. The van der Waals surface area contributed by atoms with Crippen molar-refractivity contribution in [2.45, 2.75) is 20.0 Å². The highest BCUT2D eigenvalue weighted by Crippen LogP contribution is 2.18. The molecule has 2 aromatic rings. The van der Waals surface area contributed by atoms with Crippen molar-refractivity contribution < 1.29 is 4.42 Å². The molecule has 2 rings (SSSR count). The SMILES string of the molecule is Cc1occc1CN(C)Cc1cc(C#CCN)cs1. The van der Waals surface area contributed by atoms with Gasteiger partial charge in [-0.05, 0) is 26.1 Å². The largest absolute Gasteiger partial charge is 0.469 e. The van der Waals surface area contributed by atoms with Gasteiger partial charge in [0.1, 0.15) is 5.76 Å². The maximum absolute atomic E-state index is 5.37. The smallest absolute Gasteiger partial charge is 0.105 e. The Bertz CT molecular complexity index is 589. The van der Waals surface area contributed by atoms with Crippen molar-refractivity contribution in [3.8, 4) is 11.8 Å². The highest BCUT2D eigenvalue weighted by atomic mass is 32.1. The standard InChI is InChI=1S/C15H18N2OS/c1-12-14(5-7-18-12)9-17(2)10-15-8-13(11-19-15)4-3-6-16/h5,7-8,11H,6,9-10,16H2,1-2H3. The van der Waals surface area contributed by atoms with E-state index in [4.69, 9.17) is 10.2 Å². The van der Waals surface area contributed by atoms with Crippen LogP contribution in [-0.4, -0.2) is 18.5 Å². The van der Waals surface area contributed by atoms with Crippen LogP contribution in [0.1, 0.15) is 21.8 Å². The molecule has 100 valence electrons. The van der Waals surface area contributed by atoms with Crippen LogP contribution in [0.2, 0.25) is 0 Å². The number of furan rings is 1. The Hall–Kier alpha value is -1.54. The predicted molar refractivity (Wildman–Crippen MR) is 78.9 cm³/mol. The fourth-order valence-corrected chi connectivity index (χ4v) is 2.77. The van der Waals surface area contributed by atoms with E-state index in [1.165, 1.54) is 10.4 Å². The molecule has 4 heteroatoms. The van der Waals surface area contributed by atoms with E-state index in [9.17, 15) is 0 Å². The molecule has 0 spiro atoms. The van der Waals surface area contributed by atoms with E-state index >= 15 is 0 Å². The van der Waals surface area contributed by atoms with Crippen LogP contribution in [0.3, 0.4) is 0 Å². The Labute approximate surface area is 118 Å². The van der Waals surface area contributed by atoms with E-state index < -0.39 is 0 Å². The zero-order valence-corrected chi connectivity index (χ0v) is 12.1. The summed E-state index contributed by atoms with van der Waals surface area (Å²) in [5, 5.41) is 2.08. The van der Waals surface area contributed by atoms with E-state index in [-0.39, 0.29) is 0 Å². The molecule has 2 heterocycles. The molecule has 2 aromatic heterocycles. The first-order valence-corrected chi connectivity index (χ1v) is 7.05. The summed E-state index contributed by atoms with van der Waals surface area (Å²) >= 11 is 1.74. The van der Waals surface area contributed by atoms with Gasteiger partial charge < -0.3 is 10.2 Å². The molecule has 0 amide bonds. The molecule has 0 atom stereocenters. The molecule has 19 heavy (non-hydrogen) atoms. The fourth-order valence-electron chi connectivity index (χ4n) is 1.87. The minimum Gasteiger partial charge on any atom is -0.469 e. The Kier molecular flexibility index (Phi) is 4.80. The van der Waals surface area contributed by atoms with Gasteiger partial charge in [0.25, 0.3) is 0 Å². The third-order valence-corrected chi connectivity index (χ3v) is 3.74. The molecule has 0 saturated heterocycles. The molecule has 0 bridgehead atoms. The van der Waals surface area contributed by atoms with E-state index in [1.54, 1.807) is 17.6 Å². The second-order valence-corrected chi connectivity index (χ2v) is 5.48. The Morgan fingerprint density at radius 2 is 2.26 bits per heavy atom. The number of nitrogens with two attached hydrogens (primary N) is 1. The molecular formula is C15H18N2OS. The van der Waals surface area contributed by atoms with Crippen molar-refractivity contribution in [2.24, 2.45) is 5.73 Å². The molecular weight excluding hydrogens is 256 g/mol. The maximum atomic E-state index is 5.37. The van der Waals surface area contributed by atoms with E-state index in [1.807, 2.05) is 13.0 Å². The van der Waals surface area contributed by atoms with Gasteiger partial charge in [-0.1, -0.05) is 11.8 Å². The molecule has 0 radical (unpaired) electrons. The van der Waals surface area contributed by atoms with Crippen LogP contribution in [0.25, 0.3) is 0 Å². The lowest BCUT2D eigenvalue weighted by Gasteiger charge is -2.14. The van der Waals surface area contributed by atoms with Crippen molar-refractivity contribution in [1.29, 1.82) is 0 Å². The number of rotatable bonds is 4. The first-order chi connectivity index (χ1) is 9.19. The minimum absolute atomic E-state index is 0.408. The summed E-state index contributed by atoms with van der Waals surface area (Å²) in [6.07, 6.45) is 1.74. The van der Waals surface area contributed by atoms with E-state index in [2.05, 4.69) is 35.2 Å². The quantitative estimate of drug-likeness (QED) is 0.871. The molecule has 0 aliphatic rings.